The second-order valence-corrected chi connectivity index (χ2v) is 5.15. The average Bonchev–Trinajstić information content (AvgIpc) is 2.29. The number of carbonyl (C=O) groups excluding carboxylic acids is 1. The Morgan fingerprint density at radius 3 is 2.43 bits per heavy atom. The Morgan fingerprint density at radius 2 is 2.07 bits per heavy atom. The van der Waals surface area contributed by atoms with Crippen molar-refractivity contribution in [2.24, 2.45) is 5.73 Å². The second-order valence-electron chi connectivity index (χ2n) is 5.15. The predicted molar refractivity (Wildman–Crippen MR) is 54.9 cm³/mol. The van der Waals surface area contributed by atoms with Gasteiger partial charge >= 0.3 is 5.97 Å². The Balaban J connectivity index is 2.61. The maximum Gasteiger partial charge on any atom is 0.328 e. The van der Waals surface area contributed by atoms with Gasteiger partial charge in [0.1, 0.15) is 11.1 Å². The van der Waals surface area contributed by atoms with Crippen molar-refractivity contribution in [2.75, 3.05) is 20.1 Å². The van der Waals surface area contributed by atoms with Gasteiger partial charge in [-0.05, 0) is 34.2 Å². The van der Waals surface area contributed by atoms with Crippen LogP contribution < -0.4 is 5.73 Å². The molecule has 0 amide bonds. The summed E-state index contributed by atoms with van der Waals surface area (Å²) in [7, 11) is 1.96. The first-order chi connectivity index (χ1) is 6.23. The highest BCUT2D eigenvalue weighted by atomic mass is 16.6. The van der Waals surface area contributed by atoms with Gasteiger partial charge in [0.05, 0.1) is 0 Å². The lowest BCUT2D eigenvalue weighted by atomic mass is 10.00. The summed E-state index contributed by atoms with van der Waals surface area (Å²) in [5.74, 6) is -0.283. The van der Waals surface area contributed by atoms with Crippen LogP contribution in [0.25, 0.3) is 0 Å². The number of rotatable bonds is 1. The van der Waals surface area contributed by atoms with Crippen molar-refractivity contribution in [1.82, 2.24) is 4.90 Å². The fraction of sp³-hybridized carbons (Fsp3) is 0.900. The maximum atomic E-state index is 11.8. The number of nitrogens with two attached hydrogens (primary N) is 1. The first-order valence-corrected chi connectivity index (χ1v) is 4.94. The highest BCUT2D eigenvalue weighted by Gasteiger charge is 2.42. The van der Waals surface area contributed by atoms with Crippen molar-refractivity contribution >= 4 is 5.97 Å². The lowest BCUT2D eigenvalue weighted by Crippen LogP contribution is -2.52. The molecule has 1 atom stereocenters. The summed E-state index contributed by atoms with van der Waals surface area (Å²) in [5, 5.41) is 0. The van der Waals surface area contributed by atoms with Crippen LogP contribution in [0.3, 0.4) is 0 Å². The molecular formula is C10H20N2O2. The van der Waals surface area contributed by atoms with Gasteiger partial charge < -0.3 is 15.4 Å². The van der Waals surface area contributed by atoms with Crippen LogP contribution in [0.4, 0.5) is 0 Å². The molecular weight excluding hydrogens is 180 g/mol. The molecule has 1 rings (SSSR count). The lowest BCUT2D eigenvalue weighted by molar-refractivity contribution is -0.161. The zero-order chi connectivity index (χ0) is 11.0. The molecule has 0 aromatic heterocycles. The standard InChI is InChI=1S/C10H20N2O2/c1-9(2,3)14-8(13)10(11)5-6-12(4)7-10/h5-7,11H2,1-4H3. The largest absolute Gasteiger partial charge is 0.459 e. The molecule has 0 radical (unpaired) electrons. The second kappa shape index (κ2) is 3.51. The van der Waals surface area contributed by atoms with E-state index in [4.69, 9.17) is 10.5 Å². The van der Waals surface area contributed by atoms with Gasteiger partial charge in [0.2, 0.25) is 0 Å². The van der Waals surface area contributed by atoms with Crippen molar-refractivity contribution in [1.29, 1.82) is 0 Å². The third kappa shape index (κ3) is 2.69. The predicted octanol–water partition coefficient (Wildman–Crippen LogP) is 0.361. The molecule has 1 fully saturated rings. The normalized spacial score (nSPS) is 29.2. The van der Waals surface area contributed by atoms with E-state index in [0.717, 1.165) is 6.54 Å². The van der Waals surface area contributed by atoms with Gasteiger partial charge in [-0.15, -0.1) is 0 Å². The van der Waals surface area contributed by atoms with E-state index in [1.807, 2.05) is 32.7 Å². The minimum absolute atomic E-state index is 0.283. The maximum absolute atomic E-state index is 11.8. The molecule has 14 heavy (non-hydrogen) atoms. The van der Waals surface area contributed by atoms with E-state index in [2.05, 4.69) is 0 Å². The third-order valence-electron chi connectivity index (χ3n) is 2.30. The molecule has 0 aromatic carbocycles. The van der Waals surface area contributed by atoms with Crippen LogP contribution in [0.15, 0.2) is 0 Å². The minimum Gasteiger partial charge on any atom is -0.459 e. The molecule has 4 nitrogen and oxygen atoms in total. The highest BCUT2D eigenvalue weighted by molar-refractivity contribution is 5.81. The first-order valence-electron chi connectivity index (χ1n) is 4.94. The number of likely N-dealkylation sites (tertiary alicyclic amines) is 1. The number of likely N-dealkylation sites (N-methyl/N-ethyl adjacent to an activating group) is 1. The number of ether oxygens (including phenoxy) is 1. The molecule has 0 saturated carbocycles. The number of hydrogen-bond acceptors (Lipinski definition) is 4. The van der Waals surface area contributed by atoms with E-state index < -0.39 is 11.1 Å². The van der Waals surface area contributed by atoms with E-state index in [1.165, 1.54) is 0 Å². The monoisotopic (exact) mass is 200 g/mol. The Kier molecular flexibility index (Phi) is 2.88. The van der Waals surface area contributed by atoms with E-state index >= 15 is 0 Å². The van der Waals surface area contributed by atoms with Crippen LogP contribution >= 0.6 is 0 Å². The number of carbonyl (C=O) groups is 1. The summed E-state index contributed by atoms with van der Waals surface area (Å²) < 4.78 is 5.28. The van der Waals surface area contributed by atoms with Crippen molar-refractivity contribution in [2.45, 2.75) is 38.3 Å². The van der Waals surface area contributed by atoms with Crippen molar-refractivity contribution in [3.63, 3.8) is 0 Å². The molecule has 1 aliphatic heterocycles. The van der Waals surface area contributed by atoms with Crippen LogP contribution in [-0.2, 0) is 9.53 Å². The molecule has 82 valence electrons. The summed E-state index contributed by atoms with van der Waals surface area (Å²) in [4.78, 5) is 13.8. The van der Waals surface area contributed by atoms with Gasteiger partial charge in [-0.1, -0.05) is 0 Å². The van der Waals surface area contributed by atoms with Crippen molar-refractivity contribution in [3.05, 3.63) is 0 Å². The zero-order valence-corrected chi connectivity index (χ0v) is 9.46. The van der Waals surface area contributed by atoms with Gasteiger partial charge in [0.15, 0.2) is 0 Å². The first kappa shape index (κ1) is 11.5. The fourth-order valence-corrected chi connectivity index (χ4v) is 1.58. The van der Waals surface area contributed by atoms with Gasteiger partial charge in [0.25, 0.3) is 0 Å². The molecule has 1 unspecified atom stereocenters. The van der Waals surface area contributed by atoms with Gasteiger partial charge in [0, 0.05) is 13.1 Å². The van der Waals surface area contributed by atoms with Gasteiger partial charge in [-0.25, -0.2) is 4.79 Å². The van der Waals surface area contributed by atoms with E-state index in [0.29, 0.717) is 13.0 Å². The van der Waals surface area contributed by atoms with Crippen molar-refractivity contribution in [3.8, 4) is 0 Å². The summed E-state index contributed by atoms with van der Waals surface area (Å²) in [6.45, 7) is 7.00. The molecule has 1 aliphatic rings. The summed E-state index contributed by atoms with van der Waals surface area (Å²) >= 11 is 0. The molecule has 0 aromatic rings. The van der Waals surface area contributed by atoms with Gasteiger partial charge in [-0.3, -0.25) is 0 Å². The summed E-state index contributed by atoms with van der Waals surface area (Å²) in [5.41, 5.74) is 4.73. The summed E-state index contributed by atoms with van der Waals surface area (Å²) in [6, 6.07) is 0. The Bertz CT molecular complexity index is 235. The number of hydrogen-bond donors (Lipinski definition) is 1. The average molecular weight is 200 g/mol. The minimum atomic E-state index is -0.804. The van der Waals surface area contributed by atoms with Crippen LogP contribution in [-0.4, -0.2) is 42.1 Å². The van der Waals surface area contributed by atoms with E-state index in [1.54, 1.807) is 0 Å². The van der Waals surface area contributed by atoms with Crippen LogP contribution in [0.5, 0.6) is 0 Å². The third-order valence-corrected chi connectivity index (χ3v) is 2.30. The smallest absolute Gasteiger partial charge is 0.328 e. The van der Waals surface area contributed by atoms with E-state index in [-0.39, 0.29) is 5.97 Å². The van der Waals surface area contributed by atoms with Crippen LogP contribution in [0.2, 0.25) is 0 Å². The zero-order valence-electron chi connectivity index (χ0n) is 9.46. The van der Waals surface area contributed by atoms with Gasteiger partial charge in [-0.2, -0.15) is 0 Å². The summed E-state index contributed by atoms with van der Waals surface area (Å²) in [6.07, 6.45) is 0.679. The molecule has 4 heteroatoms. The number of esters is 1. The lowest BCUT2D eigenvalue weighted by Gasteiger charge is -2.27. The number of nitrogens with zero attached hydrogens (tertiary/aromatic N) is 1. The molecule has 0 bridgehead atoms. The van der Waals surface area contributed by atoms with Crippen LogP contribution in [0.1, 0.15) is 27.2 Å². The molecule has 0 aliphatic carbocycles. The Morgan fingerprint density at radius 1 is 1.50 bits per heavy atom. The Hall–Kier alpha value is -0.610. The molecule has 2 N–H and O–H groups in total. The SMILES string of the molecule is CN1CCC(N)(C(=O)OC(C)(C)C)C1. The quantitative estimate of drug-likeness (QED) is 0.621. The molecule has 1 heterocycles. The van der Waals surface area contributed by atoms with Crippen molar-refractivity contribution < 1.29 is 9.53 Å². The fourth-order valence-electron chi connectivity index (χ4n) is 1.58. The van der Waals surface area contributed by atoms with E-state index in [9.17, 15) is 4.79 Å². The molecule has 0 spiro atoms. The Labute approximate surface area is 85.4 Å². The highest BCUT2D eigenvalue weighted by Crippen LogP contribution is 2.21. The van der Waals surface area contributed by atoms with Crippen LogP contribution in [0, 0.1) is 0 Å². The molecule has 1 saturated heterocycles. The topological polar surface area (TPSA) is 55.6 Å².